The monoisotopic (exact) mass is 290 g/mol. The van der Waals surface area contributed by atoms with Crippen molar-refractivity contribution >= 4 is 11.9 Å². The quantitative estimate of drug-likeness (QED) is 0.929. The van der Waals surface area contributed by atoms with E-state index in [4.69, 9.17) is 4.74 Å². The number of amides is 1. The van der Waals surface area contributed by atoms with Gasteiger partial charge in [0.1, 0.15) is 11.4 Å². The molecule has 1 aliphatic carbocycles. The Morgan fingerprint density at radius 3 is 2.52 bits per heavy atom. The Morgan fingerprint density at radius 2 is 2.05 bits per heavy atom. The molecule has 5 nitrogen and oxygen atoms in total. The molecule has 1 aliphatic rings. The van der Waals surface area contributed by atoms with Crippen LogP contribution in [0.5, 0.6) is 0 Å². The number of carbonyl (C=O) groups excluding carboxylic acids is 2. The standard InChI is InChI=1S/C16H22N2O3/c1-10-5-6-13(17-9-10)14(11-7-12(19)8-11)18-15(20)21-16(2,3)4/h5-6,9,11,14H,7-8H2,1-4H3,(H,18,20). The van der Waals surface area contributed by atoms with Crippen LogP contribution in [0.15, 0.2) is 18.3 Å². The van der Waals surface area contributed by atoms with Gasteiger partial charge >= 0.3 is 6.09 Å². The van der Waals surface area contributed by atoms with Crippen molar-refractivity contribution in [3.63, 3.8) is 0 Å². The number of aryl methyl sites for hydroxylation is 1. The molecule has 114 valence electrons. The fourth-order valence-corrected chi connectivity index (χ4v) is 2.29. The third-order valence-corrected chi connectivity index (χ3v) is 3.38. The van der Waals surface area contributed by atoms with Gasteiger partial charge in [0.25, 0.3) is 0 Å². The molecule has 1 N–H and O–H groups in total. The second-order valence-electron chi connectivity index (χ2n) is 6.59. The first-order chi connectivity index (χ1) is 9.74. The molecular weight excluding hydrogens is 268 g/mol. The van der Waals surface area contributed by atoms with Crippen LogP contribution in [0.2, 0.25) is 0 Å². The molecule has 1 unspecified atom stereocenters. The van der Waals surface area contributed by atoms with E-state index in [1.807, 2.05) is 39.8 Å². The smallest absolute Gasteiger partial charge is 0.408 e. The Hall–Kier alpha value is -1.91. The normalized spacial score (nSPS) is 17.0. The van der Waals surface area contributed by atoms with Gasteiger partial charge in [-0.1, -0.05) is 6.07 Å². The largest absolute Gasteiger partial charge is 0.444 e. The minimum absolute atomic E-state index is 0.0974. The molecule has 0 saturated heterocycles. The SMILES string of the molecule is Cc1ccc(C(NC(=O)OC(C)(C)C)C2CC(=O)C2)nc1. The summed E-state index contributed by atoms with van der Waals surface area (Å²) in [6.45, 7) is 7.41. The molecule has 1 saturated carbocycles. The van der Waals surface area contributed by atoms with E-state index >= 15 is 0 Å². The summed E-state index contributed by atoms with van der Waals surface area (Å²) >= 11 is 0. The second-order valence-corrected chi connectivity index (χ2v) is 6.59. The molecule has 0 aliphatic heterocycles. The highest BCUT2D eigenvalue weighted by molar-refractivity contribution is 5.85. The van der Waals surface area contributed by atoms with Crippen molar-refractivity contribution in [3.05, 3.63) is 29.6 Å². The maximum Gasteiger partial charge on any atom is 0.408 e. The van der Waals surface area contributed by atoms with Crippen molar-refractivity contribution in [1.29, 1.82) is 0 Å². The van der Waals surface area contributed by atoms with Gasteiger partial charge in [0.2, 0.25) is 0 Å². The third kappa shape index (κ3) is 4.28. The lowest BCUT2D eigenvalue weighted by Crippen LogP contribution is -2.42. The van der Waals surface area contributed by atoms with E-state index in [2.05, 4.69) is 10.3 Å². The topological polar surface area (TPSA) is 68.3 Å². The molecule has 5 heteroatoms. The summed E-state index contributed by atoms with van der Waals surface area (Å²) < 4.78 is 5.30. The number of carbonyl (C=O) groups is 2. The Balaban J connectivity index is 2.11. The molecule has 21 heavy (non-hydrogen) atoms. The Morgan fingerprint density at radius 1 is 1.38 bits per heavy atom. The van der Waals surface area contributed by atoms with Crippen molar-refractivity contribution in [2.24, 2.45) is 5.92 Å². The molecule has 0 radical (unpaired) electrons. The van der Waals surface area contributed by atoms with E-state index in [0.717, 1.165) is 11.3 Å². The van der Waals surface area contributed by atoms with Gasteiger partial charge in [-0.15, -0.1) is 0 Å². The fraction of sp³-hybridized carbons (Fsp3) is 0.562. The van der Waals surface area contributed by atoms with Crippen LogP contribution in [0.25, 0.3) is 0 Å². The van der Waals surface area contributed by atoms with Gasteiger partial charge in [-0.25, -0.2) is 4.79 Å². The van der Waals surface area contributed by atoms with E-state index in [9.17, 15) is 9.59 Å². The highest BCUT2D eigenvalue weighted by Crippen LogP contribution is 2.35. The molecule has 1 aromatic heterocycles. The predicted octanol–water partition coefficient (Wildman–Crippen LogP) is 2.93. The van der Waals surface area contributed by atoms with Gasteiger partial charge < -0.3 is 10.1 Å². The van der Waals surface area contributed by atoms with Crippen LogP contribution in [0.4, 0.5) is 4.79 Å². The minimum atomic E-state index is -0.551. The Kier molecular flexibility index (Phi) is 4.30. The molecule has 2 rings (SSSR count). The molecule has 0 spiro atoms. The van der Waals surface area contributed by atoms with Gasteiger partial charge in [0.05, 0.1) is 11.7 Å². The maximum absolute atomic E-state index is 12.0. The highest BCUT2D eigenvalue weighted by Gasteiger charge is 2.36. The summed E-state index contributed by atoms with van der Waals surface area (Å²) in [6, 6.07) is 3.56. The maximum atomic E-state index is 12.0. The van der Waals surface area contributed by atoms with Gasteiger partial charge in [-0.3, -0.25) is 9.78 Å². The van der Waals surface area contributed by atoms with Crippen LogP contribution in [-0.2, 0) is 9.53 Å². The number of hydrogen-bond donors (Lipinski definition) is 1. The molecule has 1 fully saturated rings. The van der Waals surface area contributed by atoms with Crippen molar-refractivity contribution in [2.45, 2.75) is 52.2 Å². The first kappa shape index (κ1) is 15.5. The zero-order valence-electron chi connectivity index (χ0n) is 13.0. The van der Waals surface area contributed by atoms with Gasteiger partial charge in [-0.2, -0.15) is 0 Å². The summed E-state index contributed by atoms with van der Waals surface area (Å²) in [5.41, 5.74) is 1.27. The number of rotatable bonds is 3. The number of aromatic nitrogens is 1. The van der Waals surface area contributed by atoms with Crippen molar-refractivity contribution in [2.75, 3.05) is 0 Å². The van der Waals surface area contributed by atoms with E-state index in [1.165, 1.54) is 0 Å². The van der Waals surface area contributed by atoms with Crippen LogP contribution in [0.3, 0.4) is 0 Å². The first-order valence-electron chi connectivity index (χ1n) is 7.18. The summed E-state index contributed by atoms with van der Waals surface area (Å²) in [5.74, 6) is 0.323. The molecule has 1 atom stereocenters. The molecule has 1 aromatic rings. The summed E-state index contributed by atoms with van der Waals surface area (Å²) in [4.78, 5) is 27.6. The number of hydrogen-bond acceptors (Lipinski definition) is 4. The molecule has 0 bridgehead atoms. The number of nitrogens with zero attached hydrogens (tertiary/aromatic N) is 1. The summed E-state index contributed by atoms with van der Waals surface area (Å²) in [6.07, 6.45) is 2.25. The molecule has 1 heterocycles. The zero-order valence-corrected chi connectivity index (χ0v) is 13.0. The Bertz CT molecular complexity index is 523. The number of ketones is 1. The third-order valence-electron chi connectivity index (χ3n) is 3.38. The Labute approximate surface area is 125 Å². The van der Waals surface area contributed by atoms with Gasteiger partial charge in [0, 0.05) is 19.0 Å². The van der Waals surface area contributed by atoms with Crippen molar-refractivity contribution in [1.82, 2.24) is 10.3 Å². The van der Waals surface area contributed by atoms with Crippen LogP contribution in [-0.4, -0.2) is 22.5 Å². The van der Waals surface area contributed by atoms with Crippen molar-refractivity contribution in [3.8, 4) is 0 Å². The first-order valence-corrected chi connectivity index (χ1v) is 7.18. The number of nitrogens with one attached hydrogen (secondary N) is 1. The molecular formula is C16H22N2O3. The van der Waals surface area contributed by atoms with E-state index in [-0.39, 0.29) is 17.7 Å². The zero-order chi connectivity index (χ0) is 15.6. The van der Waals surface area contributed by atoms with Crippen LogP contribution in [0, 0.1) is 12.8 Å². The number of pyridine rings is 1. The lowest BCUT2D eigenvalue weighted by molar-refractivity contribution is -0.127. The van der Waals surface area contributed by atoms with E-state index < -0.39 is 11.7 Å². The van der Waals surface area contributed by atoms with Crippen molar-refractivity contribution < 1.29 is 14.3 Å². The minimum Gasteiger partial charge on any atom is -0.444 e. The van der Waals surface area contributed by atoms with Crippen LogP contribution < -0.4 is 5.32 Å². The number of alkyl carbamates (subject to hydrolysis) is 1. The predicted molar refractivity (Wildman–Crippen MR) is 78.8 cm³/mol. The second kappa shape index (κ2) is 5.84. The average molecular weight is 290 g/mol. The van der Waals surface area contributed by atoms with E-state index in [0.29, 0.717) is 12.8 Å². The lowest BCUT2D eigenvalue weighted by atomic mass is 9.77. The summed E-state index contributed by atoms with van der Waals surface area (Å²) in [7, 11) is 0. The number of Topliss-reactive ketones (excluding diaryl/α,β-unsaturated/α-hetero) is 1. The van der Waals surface area contributed by atoms with Gasteiger partial charge in [0.15, 0.2) is 0 Å². The number of ether oxygens (including phenoxy) is 1. The lowest BCUT2D eigenvalue weighted by Gasteiger charge is -2.33. The average Bonchev–Trinajstić information content (AvgIpc) is 2.31. The molecule has 1 amide bonds. The van der Waals surface area contributed by atoms with Crippen LogP contribution >= 0.6 is 0 Å². The van der Waals surface area contributed by atoms with Crippen LogP contribution in [0.1, 0.15) is 50.9 Å². The molecule has 0 aromatic carbocycles. The summed E-state index contributed by atoms with van der Waals surface area (Å²) in [5, 5.41) is 2.86. The fourth-order valence-electron chi connectivity index (χ4n) is 2.29. The van der Waals surface area contributed by atoms with Gasteiger partial charge in [-0.05, 0) is 45.2 Å². The highest BCUT2D eigenvalue weighted by atomic mass is 16.6. The van der Waals surface area contributed by atoms with E-state index in [1.54, 1.807) is 6.20 Å².